The molecule has 3 heterocycles. The third-order valence-corrected chi connectivity index (χ3v) is 9.24. The van der Waals surface area contributed by atoms with E-state index in [0.29, 0.717) is 31.4 Å². The fraction of sp³-hybridized carbons (Fsp3) is 0.500. The van der Waals surface area contributed by atoms with Crippen LogP contribution < -0.4 is 4.90 Å². The molecule has 42 heavy (non-hydrogen) atoms. The maximum atomic E-state index is 14.8. The second-order valence-electron chi connectivity index (χ2n) is 12.5. The number of benzene rings is 2. The monoisotopic (exact) mass is 574 g/mol. The van der Waals surface area contributed by atoms with Crippen LogP contribution in [-0.2, 0) is 23.9 Å². The van der Waals surface area contributed by atoms with E-state index >= 15 is 0 Å². The molecule has 8 nitrogen and oxygen atoms in total. The number of hydrogen-bond acceptors (Lipinski definition) is 6. The highest BCUT2D eigenvalue weighted by molar-refractivity contribution is 6.05. The maximum absolute atomic E-state index is 14.8. The molecule has 2 amide bonds. The number of ether oxygens (including phenoxy) is 2. The number of likely N-dealkylation sites (tertiary alicyclic amines) is 1. The van der Waals surface area contributed by atoms with Gasteiger partial charge in [0.2, 0.25) is 5.91 Å². The molecule has 3 aliphatic heterocycles. The van der Waals surface area contributed by atoms with Crippen LogP contribution in [0.4, 0.5) is 5.69 Å². The Morgan fingerprint density at radius 1 is 1.17 bits per heavy atom. The summed E-state index contributed by atoms with van der Waals surface area (Å²) >= 11 is 0. The number of aliphatic hydroxyl groups excluding tert-OH is 1. The van der Waals surface area contributed by atoms with E-state index in [9.17, 15) is 19.5 Å². The highest BCUT2D eigenvalue weighted by Gasteiger charge is 2.79. The predicted molar refractivity (Wildman–Crippen MR) is 162 cm³/mol. The van der Waals surface area contributed by atoms with Gasteiger partial charge in [-0.3, -0.25) is 14.4 Å². The highest BCUT2D eigenvalue weighted by atomic mass is 16.6. The summed E-state index contributed by atoms with van der Waals surface area (Å²) in [6.07, 6.45) is 5.29. The van der Waals surface area contributed by atoms with Crippen LogP contribution in [0.25, 0.3) is 10.8 Å². The summed E-state index contributed by atoms with van der Waals surface area (Å²) in [5, 5.41) is 12.6. The minimum absolute atomic E-state index is 0.155. The van der Waals surface area contributed by atoms with Gasteiger partial charge in [-0.15, -0.1) is 13.2 Å². The Kier molecular flexibility index (Phi) is 8.32. The summed E-state index contributed by atoms with van der Waals surface area (Å²) in [5.74, 6) is -2.72. The number of hydrogen-bond donors (Lipinski definition) is 1. The number of carbonyl (C=O) groups is 3. The summed E-state index contributed by atoms with van der Waals surface area (Å²) in [5.41, 5.74) is -1.48. The van der Waals surface area contributed by atoms with Gasteiger partial charge in [0.1, 0.15) is 17.6 Å². The van der Waals surface area contributed by atoms with Gasteiger partial charge in [0.15, 0.2) is 0 Å². The van der Waals surface area contributed by atoms with Crippen molar-refractivity contribution in [2.24, 2.45) is 17.8 Å². The number of esters is 1. The Labute approximate surface area is 248 Å². The first-order chi connectivity index (χ1) is 20.1. The number of aliphatic hydroxyl groups is 1. The lowest BCUT2D eigenvalue weighted by atomic mass is 9.66. The van der Waals surface area contributed by atoms with Gasteiger partial charge in [0.25, 0.3) is 5.91 Å². The fourth-order valence-electron chi connectivity index (χ4n) is 7.49. The van der Waals surface area contributed by atoms with Crippen LogP contribution in [0.1, 0.15) is 46.5 Å². The minimum atomic E-state index is -1.22. The molecular formula is C34H42N2O6. The minimum Gasteiger partial charge on any atom is -0.465 e. The molecule has 2 bridgehead atoms. The van der Waals surface area contributed by atoms with Crippen LogP contribution in [0.5, 0.6) is 0 Å². The van der Waals surface area contributed by atoms with Crippen LogP contribution in [0.2, 0.25) is 0 Å². The van der Waals surface area contributed by atoms with Crippen LogP contribution in [0.15, 0.2) is 67.8 Å². The molecule has 224 valence electrons. The molecule has 1 N–H and O–H groups in total. The van der Waals surface area contributed by atoms with E-state index < -0.39 is 41.1 Å². The topological polar surface area (TPSA) is 96.4 Å². The first kappa shape index (κ1) is 30.0. The predicted octanol–water partition coefficient (Wildman–Crippen LogP) is 4.65. The van der Waals surface area contributed by atoms with Gasteiger partial charge in [-0.2, -0.15) is 0 Å². The van der Waals surface area contributed by atoms with Crippen LogP contribution in [-0.4, -0.2) is 70.8 Å². The Morgan fingerprint density at radius 3 is 2.57 bits per heavy atom. The SMILES string of the molecule is C=CCCOC(=O)[C@@H]1[C@H]2C(=O)N([C@@H](CO)CC(C)C)C(C(=O)N(CC=C)c3ccc4ccccc4c3)C23CC[C@@]1(C)O3. The maximum Gasteiger partial charge on any atom is 0.312 e. The molecular weight excluding hydrogens is 532 g/mol. The zero-order valence-electron chi connectivity index (χ0n) is 24.8. The summed E-state index contributed by atoms with van der Waals surface area (Å²) in [6, 6.07) is 12.1. The van der Waals surface area contributed by atoms with E-state index in [4.69, 9.17) is 9.47 Å². The van der Waals surface area contributed by atoms with Crippen molar-refractivity contribution in [2.45, 2.75) is 69.7 Å². The summed E-state index contributed by atoms with van der Waals surface area (Å²) in [7, 11) is 0. The number of carbonyl (C=O) groups excluding carboxylic acids is 3. The second kappa shape index (κ2) is 11.7. The molecule has 3 aliphatic rings. The lowest BCUT2D eigenvalue weighted by Crippen LogP contribution is -2.59. The largest absolute Gasteiger partial charge is 0.465 e. The van der Waals surface area contributed by atoms with Crippen LogP contribution in [0, 0.1) is 17.8 Å². The lowest BCUT2D eigenvalue weighted by Gasteiger charge is -2.40. The van der Waals surface area contributed by atoms with Crippen LogP contribution >= 0.6 is 0 Å². The van der Waals surface area contributed by atoms with Gasteiger partial charge < -0.3 is 24.4 Å². The molecule has 5 rings (SSSR count). The molecule has 0 aliphatic carbocycles. The summed E-state index contributed by atoms with van der Waals surface area (Å²) in [6.45, 7) is 13.5. The number of amides is 2. The first-order valence-corrected chi connectivity index (χ1v) is 14.9. The first-order valence-electron chi connectivity index (χ1n) is 14.9. The van der Waals surface area contributed by atoms with Crippen molar-refractivity contribution < 1.29 is 29.0 Å². The van der Waals surface area contributed by atoms with Gasteiger partial charge in [-0.05, 0) is 61.4 Å². The Hall–Kier alpha value is -3.49. The third kappa shape index (κ3) is 4.84. The normalized spacial score (nSPS) is 28.6. The van der Waals surface area contributed by atoms with E-state index in [0.717, 1.165) is 10.8 Å². The summed E-state index contributed by atoms with van der Waals surface area (Å²) < 4.78 is 12.3. The molecule has 8 heteroatoms. The molecule has 2 unspecified atom stereocenters. The van der Waals surface area contributed by atoms with Crippen molar-refractivity contribution in [1.29, 1.82) is 0 Å². The number of rotatable bonds is 12. The van der Waals surface area contributed by atoms with Crippen LogP contribution in [0.3, 0.4) is 0 Å². The van der Waals surface area contributed by atoms with Gasteiger partial charge in [-0.1, -0.05) is 56.3 Å². The molecule has 0 aromatic heterocycles. The Morgan fingerprint density at radius 2 is 1.90 bits per heavy atom. The lowest BCUT2D eigenvalue weighted by molar-refractivity contribution is -0.160. The summed E-state index contributed by atoms with van der Waals surface area (Å²) in [4.78, 5) is 46.0. The van der Waals surface area contributed by atoms with Gasteiger partial charge in [-0.25, -0.2) is 0 Å². The van der Waals surface area contributed by atoms with Crippen molar-refractivity contribution in [3.05, 3.63) is 67.8 Å². The molecule has 2 aromatic carbocycles. The van der Waals surface area contributed by atoms with E-state index in [2.05, 4.69) is 13.2 Å². The van der Waals surface area contributed by atoms with E-state index in [1.54, 1.807) is 22.0 Å². The molecule has 2 aromatic rings. The van der Waals surface area contributed by atoms with Crippen molar-refractivity contribution in [2.75, 3.05) is 24.7 Å². The molecule has 0 radical (unpaired) electrons. The van der Waals surface area contributed by atoms with Crippen molar-refractivity contribution >= 4 is 34.2 Å². The molecule has 1 spiro atoms. The van der Waals surface area contributed by atoms with E-state index in [1.807, 2.05) is 63.2 Å². The highest BCUT2D eigenvalue weighted by Crippen LogP contribution is 2.64. The molecule has 0 saturated carbocycles. The van der Waals surface area contributed by atoms with Crippen molar-refractivity contribution in [1.82, 2.24) is 4.90 Å². The zero-order valence-corrected chi connectivity index (χ0v) is 24.8. The third-order valence-electron chi connectivity index (χ3n) is 9.24. The molecule has 6 atom stereocenters. The van der Waals surface area contributed by atoms with Crippen molar-refractivity contribution in [3.8, 4) is 0 Å². The standard InChI is InChI=1S/C34H42N2O6/c1-6-8-18-41-32(40)28-27-30(38)36(26(21-37)19-22(3)4)29(34(27)16-15-33(28,5)42-34)31(39)35(17-7-2)25-14-13-23-11-9-10-12-24(23)20-25/h6-7,9-14,20,22,26-29,37H,1-2,8,15-19,21H2,3-5H3/t26-,27+,28+,29?,33-,34?/m1/s1. The number of fused-ring (bicyclic) bond motifs is 2. The van der Waals surface area contributed by atoms with Gasteiger partial charge in [0.05, 0.1) is 30.8 Å². The van der Waals surface area contributed by atoms with Crippen molar-refractivity contribution in [3.63, 3.8) is 0 Å². The smallest absolute Gasteiger partial charge is 0.312 e. The fourth-order valence-corrected chi connectivity index (χ4v) is 7.49. The van der Waals surface area contributed by atoms with Gasteiger partial charge >= 0.3 is 5.97 Å². The zero-order chi connectivity index (χ0) is 30.2. The number of anilines is 1. The van der Waals surface area contributed by atoms with Gasteiger partial charge in [0, 0.05) is 12.2 Å². The Balaban J connectivity index is 1.61. The van der Waals surface area contributed by atoms with E-state index in [1.165, 1.54) is 0 Å². The quantitative estimate of drug-likeness (QED) is 0.225. The average molecular weight is 575 g/mol. The molecule has 3 fully saturated rings. The van der Waals surface area contributed by atoms with E-state index in [-0.39, 0.29) is 37.5 Å². The average Bonchev–Trinajstić information content (AvgIpc) is 3.54. The Bertz CT molecular complexity index is 1390. The second-order valence-corrected chi connectivity index (χ2v) is 12.5. The number of nitrogens with zero attached hydrogens (tertiary/aromatic N) is 2. The molecule has 3 saturated heterocycles.